The molecule has 0 aliphatic rings. The Hall–Kier alpha value is -2.43. The van der Waals surface area contributed by atoms with E-state index in [1.54, 1.807) is 46.1 Å². The summed E-state index contributed by atoms with van der Waals surface area (Å²) in [5.41, 5.74) is -0.316. The van der Waals surface area contributed by atoms with Crippen LogP contribution in [0.25, 0.3) is 11.6 Å². The number of rotatable bonds is 5. The summed E-state index contributed by atoms with van der Waals surface area (Å²) in [6.45, 7) is 9.12. The number of Topliss-reactive ketones (excluding diaryl/α,β-unsaturated/α-hetero) is 1. The van der Waals surface area contributed by atoms with E-state index in [2.05, 4.69) is 22.5 Å². The van der Waals surface area contributed by atoms with Crippen molar-refractivity contribution < 1.29 is 9.53 Å². The summed E-state index contributed by atoms with van der Waals surface area (Å²) in [5.74, 6) is 0.309. The van der Waals surface area contributed by atoms with Gasteiger partial charge < -0.3 is 4.74 Å². The van der Waals surface area contributed by atoms with Crippen LogP contribution in [0.1, 0.15) is 26.3 Å². The molecule has 7 heteroatoms. The van der Waals surface area contributed by atoms with Gasteiger partial charge in [-0.25, -0.2) is 0 Å². The van der Waals surface area contributed by atoms with E-state index in [4.69, 9.17) is 4.74 Å². The van der Waals surface area contributed by atoms with Crippen LogP contribution in [0.2, 0.25) is 0 Å². The van der Waals surface area contributed by atoms with Crippen molar-refractivity contribution in [2.75, 3.05) is 7.11 Å². The average Bonchev–Trinajstić information content (AvgIpc) is 2.92. The molecule has 0 fully saturated rings. The molecule has 2 rings (SSSR count). The summed E-state index contributed by atoms with van der Waals surface area (Å²) in [7, 11) is 1.56. The summed E-state index contributed by atoms with van der Waals surface area (Å²) < 4.78 is 8.37. The van der Waals surface area contributed by atoms with Gasteiger partial charge in [-0.15, -0.1) is 17.9 Å². The molecule has 0 bridgehead atoms. The number of halogens is 1. The number of carbonyl (C=O) groups excluding carboxylic acids is 1. The Bertz CT molecular complexity index is 1140. The van der Waals surface area contributed by atoms with Gasteiger partial charge in [-0.05, 0) is 24.3 Å². The molecule has 0 amide bonds. The molecule has 0 radical (unpaired) electrons. The first-order valence-corrected chi connectivity index (χ1v) is 10.1. The summed E-state index contributed by atoms with van der Waals surface area (Å²) in [5, 5.41) is 9.64. The zero-order valence-electron chi connectivity index (χ0n) is 16.2. The van der Waals surface area contributed by atoms with Crippen LogP contribution in [0.5, 0.6) is 5.75 Å². The predicted octanol–water partition coefficient (Wildman–Crippen LogP) is 2.99. The van der Waals surface area contributed by atoms with E-state index in [1.807, 2.05) is 18.2 Å². The highest BCUT2D eigenvalue weighted by Crippen LogP contribution is 2.23. The molecule has 1 aromatic carbocycles. The third-order valence-corrected chi connectivity index (χ3v) is 5.56. The number of allylic oxidation sites excluding steroid dienone is 1. The molecule has 5 nitrogen and oxygen atoms in total. The largest absolute Gasteiger partial charge is 0.496 e. The van der Waals surface area contributed by atoms with E-state index in [0.717, 1.165) is 15.8 Å². The first-order valence-electron chi connectivity index (χ1n) is 8.49. The fourth-order valence-corrected chi connectivity index (χ4v) is 4.01. The maximum absolute atomic E-state index is 13.0. The van der Waals surface area contributed by atoms with Crippen LogP contribution < -0.4 is 19.5 Å². The topological polar surface area (TPSA) is 72.1 Å². The van der Waals surface area contributed by atoms with Crippen molar-refractivity contribution in [1.29, 1.82) is 5.26 Å². The summed E-state index contributed by atoms with van der Waals surface area (Å²) in [6, 6.07) is 7.47. The van der Waals surface area contributed by atoms with E-state index < -0.39 is 5.41 Å². The highest BCUT2D eigenvalue weighted by atomic mass is 79.9. The van der Waals surface area contributed by atoms with Crippen molar-refractivity contribution in [1.82, 2.24) is 4.57 Å². The second kappa shape index (κ2) is 8.72. The number of nitriles is 1. The molecule has 0 spiro atoms. The third-order valence-electron chi connectivity index (χ3n) is 3.93. The fourth-order valence-electron chi connectivity index (χ4n) is 2.53. The first kappa shape index (κ1) is 21.9. The maximum Gasteiger partial charge on any atom is 0.269 e. The van der Waals surface area contributed by atoms with Gasteiger partial charge in [0.25, 0.3) is 5.56 Å². The van der Waals surface area contributed by atoms with Crippen molar-refractivity contribution in [3.05, 3.63) is 60.4 Å². The lowest BCUT2D eigenvalue weighted by Gasteiger charge is -2.15. The van der Waals surface area contributed by atoms with Gasteiger partial charge >= 0.3 is 0 Å². The highest BCUT2D eigenvalue weighted by Gasteiger charge is 2.27. The molecule has 0 saturated carbocycles. The Kier molecular flexibility index (Phi) is 6.81. The second-order valence-corrected chi connectivity index (χ2v) is 9.02. The molecule has 0 saturated heterocycles. The first-order chi connectivity index (χ1) is 13.1. The smallest absolute Gasteiger partial charge is 0.269 e. The molecule has 0 unspecified atom stereocenters. The van der Waals surface area contributed by atoms with Gasteiger partial charge in [0.05, 0.1) is 11.6 Å². The molecule has 0 aliphatic heterocycles. The van der Waals surface area contributed by atoms with Crippen molar-refractivity contribution in [3.8, 4) is 11.8 Å². The van der Waals surface area contributed by atoms with Gasteiger partial charge in [-0.2, -0.15) is 5.26 Å². The lowest BCUT2D eigenvalue weighted by atomic mass is 9.87. The summed E-state index contributed by atoms with van der Waals surface area (Å²) >= 11 is 4.54. The van der Waals surface area contributed by atoms with Gasteiger partial charge in [0, 0.05) is 22.0 Å². The minimum atomic E-state index is -0.735. The van der Waals surface area contributed by atoms with Gasteiger partial charge in [-0.1, -0.05) is 42.8 Å². The van der Waals surface area contributed by atoms with Crippen LogP contribution in [0.15, 0.2) is 40.1 Å². The number of thiazole rings is 1. The molecule has 0 atom stereocenters. The van der Waals surface area contributed by atoms with Crippen LogP contribution >= 0.6 is 27.3 Å². The minimum Gasteiger partial charge on any atom is -0.496 e. The molecule has 1 aromatic heterocycles. The number of ether oxygens (including phenoxy) is 1. The quantitative estimate of drug-likeness (QED) is 0.642. The van der Waals surface area contributed by atoms with Gasteiger partial charge in [0.2, 0.25) is 0 Å². The van der Waals surface area contributed by atoms with Crippen molar-refractivity contribution >= 4 is 44.7 Å². The Balaban J connectivity index is 2.91. The highest BCUT2D eigenvalue weighted by molar-refractivity contribution is 9.10. The number of nitrogens with zero attached hydrogens (tertiary/aromatic N) is 2. The molecular weight excluding hydrogens is 440 g/mol. The zero-order chi connectivity index (χ0) is 21.1. The molecule has 0 N–H and O–H groups in total. The van der Waals surface area contributed by atoms with Crippen LogP contribution in [-0.4, -0.2) is 17.5 Å². The Morgan fingerprint density at radius 1 is 1.43 bits per heavy atom. The van der Waals surface area contributed by atoms with E-state index >= 15 is 0 Å². The molecule has 0 aliphatic carbocycles. The van der Waals surface area contributed by atoms with E-state index in [0.29, 0.717) is 20.5 Å². The number of hydrogen-bond donors (Lipinski definition) is 0. The fraction of sp³-hybridized carbons (Fsp3) is 0.286. The molecule has 1 heterocycles. The van der Waals surface area contributed by atoms with Crippen LogP contribution in [0.4, 0.5) is 0 Å². The number of benzene rings is 1. The lowest BCUT2D eigenvalue weighted by Crippen LogP contribution is -2.34. The SMILES string of the molecule is C=CCn1c(=O)/c(=C/c2cc(Br)ccc2OC)s/c1=C(/C#N)C(=O)C(C)(C)C. The van der Waals surface area contributed by atoms with Gasteiger partial charge in [0.1, 0.15) is 22.1 Å². The van der Waals surface area contributed by atoms with Crippen molar-refractivity contribution in [2.45, 2.75) is 27.3 Å². The summed E-state index contributed by atoms with van der Waals surface area (Å²) in [6.07, 6.45) is 3.27. The van der Waals surface area contributed by atoms with Crippen molar-refractivity contribution in [3.63, 3.8) is 0 Å². The van der Waals surface area contributed by atoms with E-state index in [-0.39, 0.29) is 23.5 Å². The third kappa shape index (κ3) is 4.51. The number of hydrogen-bond acceptors (Lipinski definition) is 5. The van der Waals surface area contributed by atoms with Gasteiger partial charge in [-0.3, -0.25) is 14.2 Å². The molecule has 28 heavy (non-hydrogen) atoms. The van der Waals surface area contributed by atoms with Gasteiger partial charge in [0.15, 0.2) is 5.78 Å². The number of aromatic nitrogens is 1. The number of methoxy groups -OCH3 is 1. The maximum atomic E-state index is 13.0. The summed E-state index contributed by atoms with van der Waals surface area (Å²) in [4.78, 5) is 25.7. The van der Waals surface area contributed by atoms with E-state index in [1.165, 1.54) is 4.57 Å². The van der Waals surface area contributed by atoms with Crippen molar-refractivity contribution in [2.24, 2.45) is 5.41 Å². The molecule has 2 aromatic rings. The average molecular weight is 461 g/mol. The Morgan fingerprint density at radius 2 is 2.11 bits per heavy atom. The molecular formula is C21H21BrN2O3S. The normalized spacial score (nSPS) is 13.1. The Labute approximate surface area is 176 Å². The monoisotopic (exact) mass is 460 g/mol. The predicted molar refractivity (Wildman–Crippen MR) is 116 cm³/mol. The lowest BCUT2D eigenvalue weighted by molar-refractivity contribution is -0.120. The second-order valence-electron chi connectivity index (χ2n) is 7.07. The molecule has 146 valence electrons. The van der Waals surface area contributed by atoms with Crippen LogP contribution in [-0.2, 0) is 11.3 Å². The zero-order valence-corrected chi connectivity index (χ0v) is 18.6. The number of carbonyl (C=O) groups is 1. The Morgan fingerprint density at radius 3 is 2.64 bits per heavy atom. The van der Waals surface area contributed by atoms with Crippen LogP contribution in [0, 0.1) is 16.7 Å². The van der Waals surface area contributed by atoms with Crippen LogP contribution in [0.3, 0.4) is 0 Å². The standard InChI is InChI=1S/C21H21BrN2O3S/c1-6-9-24-19(26)17(11-13-10-14(22)7-8-16(13)27-5)28-20(24)15(12-23)18(25)21(2,3)4/h6-8,10-11H,1,9H2,2-5H3/b17-11-,20-15-. The number of ketones is 1. The minimum absolute atomic E-state index is 0.0164. The van der Waals surface area contributed by atoms with E-state index in [9.17, 15) is 14.9 Å².